The molecule has 2 amide bonds. The summed E-state index contributed by atoms with van der Waals surface area (Å²) in [7, 11) is 0. The fourth-order valence-electron chi connectivity index (χ4n) is 2.15. The van der Waals surface area contributed by atoms with E-state index in [0.29, 0.717) is 5.56 Å². The Morgan fingerprint density at radius 3 is 2.63 bits per heavy atom. The second kappa shape index (κ2) is 6.18. The molecule has 1 aliphatic rings. The summed E-state index contributed by atoms with van der Waals surface area (Å²) in [6, 6.07) is 7.28. The molecular formula is C15H18N2O2. The van der Waals surface area contributed by atoms with E-state index in [1.165, 1.54) is 0 Å². The van der Waals surface area contributed by atoms with Crippen molar-refractivity contribution in [3.05, 3.63) is 47.5 Å². The molecule has 100 valence electrons. The molecule has 1 aromatic rings. The summed E-state index contributed by atoms with van der Waals surface area (Å²) < 4.78 is 0. The molecule has 4 heteroatoms. The molecular weight excluding hydrogens is 240 g/mol. The Kier molecular flexibility index (Phi) is 4.34. The lowest BCUT2D eigenvalue weighted by molar-refractivity contribution is -0.126. The van der Waals surface area contributed by atoms with Crippen LogP contribution in [-0.4, -0.2) is 11.8 Å². The van der Waals surface area contributed by atoms with Gasteiger partial charge in [0.15, 0.2) is 0 Å². The zero-order chi connectivity index (χ0) is 13.7. The van der Waals surface area contributed by atoms with Crippen LogP contribution in [0.15, 0.2) is 36.4 Å². The normalized spacial score (nSPS) is 17.8. The van der Waals surface area contributed by atoms with Crippen LogP contribution in [0.5, 0.6) is 0 Å². The Labute approximate surface area is 112 Å². The molecule has 2 rings (SSSR count). The van der Waals surface area contributed by atoms with Gasteiger partial charge >= 0.3 is 0 Å². The third-order valence-electron chi connectivity index (χ3n) is 3.33. The number of nitrogens with one attached hydrogen (secondary N) is 2. The fourth-order valence-corrected chi connectivity index (χ4v) is 2.15. The quantitative estimate of drug-likeness (QED) is 0.630. The predicted octanol–water partition coefficient (Wildman–Crippen LogP) is 2.11. The van der Waals surface area contributed by atoms with Crippen LogP contribution >= 0.6 is 0 Å². The van der Waals surface area contributed by atoms with E-state index in [1.807, 2.05) is 25.1 Å². The molecule has 2 N–H and O–H groups in total. The third kappa shape index (κ3) is 3.44. The second-order valence-corrected chi connectivity index (χ2v) is 4.74. The van der Waals surface area contributed by atoms with Gasteiger partial charge in [-0.15, -0.1) is 0 Å². The van der Waals surface area contributed by atoms with Gasteiger partial charge in [0.1, 0.15) is 0 Å². The number of amides is 2. The number of aryl methyl sites for hydroxylation is 1. The van der Waals surface area contributed by atoms with Crippen LogP contribution in [0.3, 0.4) is 0 Å². The molecule has 0 radical (unpaired) electrons. The van der Waals surface area contributed by atoms with E-state index < -0.39 is 0 Å². The summed E-state index contributed by atoms with van der Waals surface area (Å²) in [6.45, 7) is 1.86. The van der Waals surface area contributed by atoms with E-state index >= 15 is 0 Å². The first-order chi connectivity index (χ1) is 9.18. The fraction of sp³-hybridized carbons (Fsp3) is 0.333. The summed E-state index contributed by atoms with van der Waals surface area (Å²) >= 11 is 0. The van der Waals surface area contributed by atoms with E-state index in [4.69, 9.17) is 0 Å². The molecule has 0 bridgehead atoms. The molecule has 4 nitrogen and oxygen atoms in total. The number of rotatable bonds is 2. The first kappa shape index (κ1) is 13.3. The van der Waals surface area contributed by atoms with Gasteiger partial charge in [-0.05, 0) is 37.8 Å². The number of hydrogen-bond donors (Lipinski definition) is 2. The largest absolute Gasteiger partial charge is 0.273 e. The van der Waals surface area contributed by atoms with E-state index in [9.17, 15) is 9.59 Å². The highest BCUT2D eigenvalue weighted by Crippen LogP contribution is 2.17. The Balaban J connectivity index is 1.88. The first-order valence-corrected chi connectivity index (χ1v) is 6.49. The molecule has 0 aliphatic heterocycles. The van der Waals surface area contributed by atoms with Crippen LogP contribution in [0.4, 0.5) is 0 Å². The number of carbonyl (C=O) groups excluding carboxylic acids is 2. The van der Waals surface area contributed by atoms with E-state index in [2.05, 4.69) is 16.9 Å². The molecule has 0 saturated heterocycles. The summed E-state index contributed by atoms with van der Waals surface area (Å²) in [4.78, 5) is 23.8. The highest BCUT2D eigenvalue weighted by atomic mass is 16.2. The number of benzene rings is 1. The Bertz CT molecular complexity index is 509. The number of hydrogen-bond acceptors (Lipinski definition) is 2. The molecule has 0 fully saturated rings. The van der Waals surface area contributed by atoms with Crippen molar-refractivity contribution in [2.24, 2.45) is 5.92 Å². The van der Waals surface area contributed by atoms with Crippen molar-refractivity contribution in [1.29, 1.82) is 0 Å². The van der Waals surface area contributed by atoms with E-state index in [-0.39, 0.29) is 17.7 Å². The zero-order valence-corrected chi connectivity index (χ0v) is 11.0. The summed E-state index contributed by atoms with van der Waals surface area (Å²) in [6.07, 6.45) is 6.59. The summed E-state index contributed by atoms with van der Waals surface area (Å²) in [5.41, 5.74) is 6.44. The maximum absolute atomic E-state index is 11.9. The first-order valence-electron chi connectivity index (χ1n) is 6.49. The smallest absolute Gasteiger partial charge is 0.269 e. The van der Waals surface area contributed by atoms with Crippen LogP contribution < -0.4 is 10.9 Å². The predicted molar refractivity (Wildman–Crippen MR) is 73.3 cm³/mol. The number of allylic oxidation sites excluding steroid dienone is 2. The molecule has 1 unspecified atom stereocenters. The van der Waals surface area contributed by atoms with Crippen molar-refractivity contribution < 1.29 is 9.59 Å². The van der Waals surface area contributed by atoms with Crippen molar-refractivity contribution >= 4 is 11.8 Å². The van der Waals surface area contributed by atoms with E-state index in [1.54, 1.807) is 12.1 Å². The van der Waals surface area contributed by atoms with Crippen LogP contribution in [0.1, 0.15) is 35.2 Å². The van der Waals surface area contributed by atoms with Gasteiger partial charge in [-0.1, -0.05) is 30.4 Å². The van der Waals surface area contributed by atoms with Crippen LogP contribution in [0.2, 0.25) is 0 Å². The van der Waals surface area contributed by atoms with Gasteiger partial charge in [0.2, 0.25) is 5.91 Å². The minimum Gasteiger partial charge on any atom is -0.273 e. The van der Waals surface area contributed by atoms with Crippen molar-refractivity contribution in [1.82, 2.24) is 10.9 Å². The molecule has 0 aromatic heterocycles. The lowest BCUT2D eigenvalue weighted by Crippen LogP contribution is -2.44. The Hall–Kier alpha value is -2.10. The highest BCUT2D eigenvalue weighted by molar-refractivity contribution is 5.96. The molecule has 19 heavy (non-hydrogen) atoms. The number of carbonyl (C=O) groups is 2. The van der Waals surface area contributed by atoms with Gasteiger partial charge in [-0.3, -0.25) is 20.4 Å². The standard InChI is InChI=1S/C15H18N2O2/c1-11-7-5-6-10-13(11)15(19)17-16-14(18)12-8-3-2-4-9-12/h2-3,5-7,10,12H,4,8-9H2,1H3,(H,16,18)(H,17,19). The van der Waals surface area contributed by atoms with Crippen LogP contribution in [0, 0.1) is 12.8 Å². The van der Waals surface area contributed by atoms with Crippen LogP contribution in [-0.2, 0) is 4.79 Å². The minimum atomic E-state index is -0.280. The van der Waals surface area contributed by atoms with Gasteiger partial charge in [0.25, 0.3) is 5.91 Å². The zero-order valence-electron chi connectivity index (χ0n) is 11.0. The maximum Gasteiger partial charge on any atom is 0.269 e. The lowest BCUT2D eigenvalue weighted by atomic mass is 9.94. The SMILES string of the molecule is Cc1ccccc1C(=O)NNC(=O)C1CC=CCC1. The topological polar surface area (TPSA) is 58.2 Å². The molecule has 0 saturated carbocycles. The molecule has 1 aliphatic carbocycles. The summed E-state index contributed by atoms with van der Waals surface area (Å²) in [5, 5.41) is 0. The van der Waals surface area contributed by atoms with Crippen molar-refractivity contribution in [3.63, 3.8) is 0 Å². The van der Waals surface area contributed by atoms with Gasteiger partial charge < -0.3 is 0 Å². The van der Waals surface area contributed by atoms with Gasteiger partial charge in [-0.25, -0.2) is 0 Å². The third-order valence-corrected chi connectivity index (χ3v) is 3.33. The monoisotopic (exact) mass is 258 g/mol. The average molecular weight is 258 g/mol. The van der Waals surface area contributed by atoms with Crippen molar-refractivity contribution in [3.8, 4) is 0 Å². The van der Waals surface area contributed by atoms with Gasteiger partial charge in [0.05, 0.1) is 0 Å². The van der Waals surface area contributed by atoms with Gasteiger partial charge in [0, 0.05) is 11.5 Å². The minimum absolute atomic E-state index is 0.0397. The Morgan fingerprint density at radius 2 is 1.95 bits per heavy atom. The van der Waals surface area contributed by atoms with Gasteiger partial charge in [-0.2, -0.15) is 0 Å². The van der Waals surface area contributed by atoms with E-state index in [0.717, 1.165) is 24.8 Å². The maximum atomic E-state index is 11.9. The lowest BCUT2D eigenvalue weighted by Gasteiger charge is -2.17. The van der Waals surface area contributed by atoms with Crippen molar-refractivity contribution in [2.75, 3.05) is 0 Å². The number of hydrazine groups is 1. The molecule has 1 atom stereocenters. The average Bonchev–Trinajstić information content (AvgIpc) is 2.46. The molecule has 0 heterocycles. The van der Waals surface area contributed by atoms with Crippen LogP contribution in [0.25, 0.3) is 0 Å². The Morgan fingerprint density at radius 1 is 1.16 bits per heavy atom. The summed E-state index contributed by atoms with van der Waals surface area (Å²) in [5.74, 6) is -0.439. The molecule has 1 aromatic carbocycles. The van der Waals surface area contributed by atoms with Crippen molar-refractivity contribution in [2.45, 2.75) is 26.2 Å². The molecule has 0 spiro atoms. The highest BCUT2D eigenvalue weighted by Gasteiger charge is 2.19. The second-order valence-electron chi connectivity index (χ2n) is 4.74.